The molecule has 45 heavy (non-hydrogen) atoms. The Bertz CT molecular complexity index is 1580. The molecule has 4 aromatic rings. The number of ether oxygens (including phenoxy) is 1. The number of hydrogen-bond donors (Lipinski definition) is 2. The number of rotatable bonds is 7. The van der Waals surface area contributed by atoms with Crippen LogP contribution in [0.5, 0.6) is 17.2 Å². The van der Waals surface area contributed by atoms with Gasteiger partial charge in [0.05, 0.1) is 7.11 Å². The highest BCUT2D eigenvalue weighted by Gasteiger charge is 2.33. The minimum atomic E-state index is -0.317. The Hall–Kier alpha value is -3.72. The minimum Gasteiger partial charge on any atom is -0.508 e. The Kier molecular flexibility index (Phi) is 10.6. The van der Waals surface area contributed by atoms with E-state index in [9.17, 15) is 10.2 Å². The van der Waals surface area contributed by atoms with Gasteiger partial charge in [-0.25, -0.2) is 0 Å². The highest BCUT2D eigenvalue weighted by atomic mass is 16.5. The van der Waals surface area contributed by atoms with Crippen LogP contribution in [0.1, 0.15) is 128 Å². The molecule has 0 aliphatic carbocycles. The number of benzene rings is 4. The molecule has 2 N–H and O–H groups in total. The van der Waals surface area contributed by atoms with Crippen molar-refractivity contribution in [3.05, 3.63) is 124 Å². The molecule has 0 amide bonds. The molecule has 0 aliphatic heterocycles. The quantitative estimate of drug-likeness (QED) is 0.219. The molecular formula is C42H56O3. The van der Waals surface area contributed by atoms with Crippen molar-refractivity contribution in [2.45, 2.75) is 105 Å². The summed E-state index contributed by atoms with van der Waals surface area (Å²) < 4.78 is 5.40. The summed E-state index contributed by atoms with van der Waals surface area (Å²) in [5.74, 6) is 1.46. The van der Waals surface area contributed by atoms with Gasteiger partial charge in [0.1, 0.15) is 17.2 Å². The fraction of sp³-hybridized carbons (Fsp3) is 0.429. The standard InChI is InChI=1S/C40H50O3.C2H6/c1-37(2,3)33-25-30(18-22-35(33)42)40(9,10)28-14-12-13-27(23-28)39(7,8)29-17-21-34(41)32(24-29)36(38(4,5)6)26-15-19-31(43-11)20-16-26;1-2/h12-25,36,41-42H,1-11H3;1-2H3. The van der Waals surface area contributed by atoms with Crippen molar-refractivity contribution in [2.75, 3.05) is 7.11 Å². The van der Waals surface area contributed by atoms with Crippen LogP contribution in [-0.2, 0) is 16.2 Å². The molecule has 0 bridgehead atoms. The molecule has 242 valence electrons. The predicted molar refractivity (Wildman–Crippen MR) is 191 cm³/mol. The minimum absolute atomic E-state index is 0.00840. The van der Waals surface area contributed by atoms with E-state index >= 15 is 0 Å². The zero-order valence-electron chi connectivity index (χ0n) is 30.0. The van der Waals surface area contributed by atoms with Gasteiger partial charge >= 0.3 is 0 Å². The van der Waals surface area contributed by atoms with E-state index in [1.54, 1.807) is 7.11 Å². The van der Waals surface area contributed by atoms with Gasteiger partial charge in [-0.1, -0.05) is 144 Å². The van der Waals surface area contributed by atoms with Crippen LogP contribution in [0.3, 0.4) is 0 Å². The lowest BCUT2D eigenvalue weighted by atomic mass is 9.69. The van der Waals surface area contributed by atoms with Gasteiger partial charge in [0.25, 0.3) is 0 Å². The summed E-state index contributed by atoms with van der Waals surface area (Å²) in [5, 5.41) is 21.8. The molecule has 0 saturated carbocycles. The third-order valence-corrected chi connectivity index (χ3v) is 9.21. The maximum absolute atomic E-state index is 11.2. The van der Waals surface area contributed by atoms with E-state index < -0.39 is 0 Å². The lowest BCUT2D eigenvalue weighted by Gasteiger charge is -2.35. The molecule has 3 nitrogen and oxygen atoms in total. The summed E-state index contributed by atoms with van der Waals surface area (Å²) in [7, 11) is 1.68. The largest absolute Gasteiger partial charge is 0.508 e. The summed E-state index contributed by atoms with van der Waals surface area (Å²) in [6.45, 7) is 26.1. The summed E-state index contributed by atoms with van der Waals surface area (Å²) in [6.07, 6.45) is 0. The normalized spacial score (nSPS) is 13.1. The molecule has 0 spiro atoms. The van der Waals surface area contributed by atoms with Gasteiger partial charge in [-0.15, -0.1) is 0 Å². The zero-order chi connectivity index (χ0) is 34.0. The zero-order valence-corrected chi connectivity index (χ0v) is 30.0. The second kappa shape index (κ2) is 13.3. The van der Waals surface area contributed by atoms with E-state index in [1.807, 2.05) is 44.2 Å². The van der Waals surface area contributed by atoms with Crippen LogP contribution in [0, 0.1) is 5.41 Å². The van der Waals surface area contributed by atoms with Gasteiger partial charge in [0.2, 0.25) is 0 Å². The third-order valence-electron chi connectivity index (χ3n) is 9.21. The number of aromatic hydroxyl groups is 2. The SMILES string of the molecule is CC.COc1ccc(C(c2cc(C(C)(C)c3cccc(C(C)(C)c4ccc(O)c(C(C)(C)C)c4)c3)ccc2O)C(C)(C)C)cc1. The average molecular weight is 609 g/mol. The van der Waals surface area contributed by atoms with Crippen molar-refractivity contribution < 1.29 is 14.9 Å². The van der Waals surface area contributed by atoms with Crippen LogP contribution < -0.4 is 4.74 Å². The lowest BCUT2D eigenvalue weighted by molar-refractivity contribution is 0.346. The molecule has 0 saturated heterocycles. The highest BCUT2D eigenvalue weighted by Crippen LogP contribution is 2.46. The van der Waals surface area contributed by atoms with Crippen molar-refractivity contribution in [1.82, 2.24) is 0 Å². The number of methoxy groups -OCH3 is 1. The van der Waals surface area contributed by atoms with E-state index in [-0.39, 0.29) is 27.6 Å². The van der Waals surface area contributed by atoms with Crippen LogP contribution in [0.15, 0.2) is 84.9 Å². The first-order valence-corrected chi connectivity index (χ1v) is 16.3. The fourth-order valence-electron chi connectivity index (χ4n) is 6.27. The van der Waals surface area contributed by atoms with E-state index in [4.69, 9.17) is 4.74 Å². The Labute approximate surface area is 273 Å². The van der Waals surface area contributed by atoms with E-state index in [1.165, 1.54) is 16.7 Å². The van der Waals surface area contributed by atoms with E-state index in [2.05, 4.69) is 124 Å². The molecule has 1 unspecified atom stereocenters. The van der Waals surface area contributed by atoms with Crippen molar-refractivity contribution in [3.8, 4) is 17.2 Å². The number of hydrogen-bond acceptors (Lipinski definition) is 3. The summed E-state index contributed by atoms with van der Waals surface area (Å²) >= 11 is 0. The maximum Gasteiger partial charge on any atom is 0.119 e. The topological polar surface area (TPSA) is 49.7 Å². The van der Waals surface area contributed by atoms with Crippen molar-refractivity contribution in [2.24, 2.45) is 5.41 Å². The molecule has 0 aliphatic rings. The summed E-state index contributed by atoms with van der Waals surface area (Å²) in [6, 6.07) is 29.2. The van der Waals surface area contributed by atoms with E-state index in [0.717, 1.165) is 28.0 Å². The van der Waals surface area contributed by atoms with Gasteiger partial charge in [-0.05, 0) is 68.5 Å². The first-order valence-electron chi connectivity index (χ1n) is 16.3. The molecule has 0 fully saturated rings. The molecule has 4 aromatic carbocycles. The van der Waals surface area contributed by atoms with E-state index in [0.29, 0.717) is 11.5 Å². The van der Waals surface area contributed by atoms with Crippen molar-refractivity contribution in [3.63, 3.8) is 0 Å². The van der Waals surface area contributed by atoms with Gasteiger partial charge < -0.3 is 14.9 Å². The van der Waals surface area contributed by atoms with Crippen LogP contribution in [0.2, 0.25) is 0 Å². The summed E-state index contributed by atoms with van der Waals surface area (Å²) in [4.78, 5) is 0. The Morgan fingerprint density at radius 3 is 1.49 bits per heavy atom. The number of phenols is 2. The highest BCUT2D eigenvalue weighted by molar-refractivity contribution is 5.52. The smallest absolute Gasteiger partial charge is 0.119 e. The number of phenolic OH excluding ortho intramolecular Hbond substituents is 2. The monoisotopic (exact) mass is 608 g/mol. The van der Waals surface area contributed by atoms with Crippen molar-refractivity contribution in [1.29, 1.82) is 0 Å². The third kappa shape index (κ3) is 7.57. The lowest BCUT2D eigenvalue weighted by Crippen LogP contribution is -2.24. The molecule has 4 rings (SSSR count). The van der Waals surface area contributed by atoms with Gasteiger partial charge in [-0.3, -0.25) is 0 Å². The maximum atomic E-state index is 11.2. The second-order valence-electron chi connectivity index (χ2n) is 15.2. The van der Waals surface area contributed by atoms with Gasteiger partial charge in [-0.2, -0.15) is 0 Å². The fourth-order valence-corrected chi connectivity index (χ4v) is 6.27. The molecule has 0 aromatic heterocycles. The molecule has 0 radical (unpaired) electrons. The Balaban J connectivity index is 0.00000271. The molecule has 1 atom stereocenters. The van der Waals surface area contributed by atoms with Crippen LogP contribution >= 0.6 is 0 Å². The first kappa shape index (κ1) is 35.8. The average Bonchev–Trinajstić information content (AvgIpc) is 2.98. The summed E-state index contributed by atoms with van der Waals surface area (Å²) in [5.41, 5.74) is 6.90. The van der Waals surface area contributed by atoms with Crippen LogP contribution in [0.4, 0.5) is 0 Å². The van der Waals surface area contributed by atoms with Crippen LogP contribution in [-0.4, -0.2) is 17.3 Å². The van der Waals surface area contributed by atoms with Crippen LogP contribution in [0.25, 0.3) is 0 Å². The van der Waals surface area contributed by atoms with Gasteiger partial charge in [0.15, 0.2) is 0 Å². The molecule has 0 heterocycles. The first-order chi connectivity index (χ1) is 20.9. The Morgan fingerprint density at radius 1 is 0.556 bits per heavy atom. The second-order valence-corrected chi connectivity index (χ2v) is 15.2. The molecule has 3 heteroatoms. The van der Waals surface area contributed by atoms with Gasteiger partial charge in [0, 0.05) is 22.3 Å². The molecular weight excluding hydrogens is 552 g/mol. The Morgan fingerprint density at radius 2 is 1.02 bits per heavy atom. The predicted octanol–water partition coefficient (Wildman–Crippen LogP) is 11.3. The van der Waals surface area contributed by atoms with Crippen molar-refractivity contribution >= 4 is 0 Å².